The third-order valence-corrected chi connectivity index (χ3v) is 7.49. The van der Waals surface area contributed by atoms with Crippen LogP contribution < -0.4 is 9.64 Å². The molecule has 4 rings (SSSR count). The first-order valence-corrected chi connectivity index (χ1v) is 14.5. The average Bonchev–Trinajstić information content (AvgIpc) is 3.71. The molecule has 1 heterocycles. The third kappa shape index (κ3) is 7.77. The molecule has 212 valence electrons. The van der Waals surface area contributed by atoms with E-state index in [4.69, 9.17) is 9.47 Å². The van der Waals surface area contributed by atoms with Crippen LogP contribution in [0, 0.1) is 5.92 Å². The monoisotopic (exact) mass is 534 g/mol. The van der Waals surface area contributed by atoms with E-state index in [1.165, 1.54) is 11.1 Å². The molecule has 2 fully saturated rings. The van der Waals surface area contributed by atoms with Gasteiger partial charge >= 0.3 is 5.97 Å². The van der Waals surface area contributed by atoms with Gasteiger partial charge in [-0.05, 0) is 89.5 Å². The summed E-state index contributed by atoms with van der Waals surface area (Å²) in [5, 5.41) is 0. The molecule has 0 N–H and O–H groups in total. The van der Waals surface area contributed by atoms with Crippen LogP contribution in [0.15, 0.2) is 48.5 Å². The zero-order chi connectivity index (χ0) is 28.4. The van der Waals surface area contributed by atoms with Crippen molar-refractivity contribution in [2.24, 2.45) is 5.92 Å². The van der Waals surface area contributed by atoms with Crippen molar-refractivity contribution in [2.75, 3.05) is 18.0 Å². The lowest BCUT2D eigenvalue weighted by atomic mass is 9.95. The minimum atomic E-state index is -1.12. The maximum atomic E-state index is 13.8. The van der Waals surface area contributed by atoms with Crippen molar-refractivity contribution in [1.29, 1.82) is 0 Å². The van der Waals surface area contributed by atoms with E-state index in [0.29, 0.717) is 30.8 Å². The Morgan fingerprint density at radius 3 is 2.31 bits per heavy atom. The summed E-state index contributed by atoms with van der Waals surface area (Å²) in [7, 11) is 0. The van der Waals surface area contributed by atoms with Crippen LogP contribution in [-0.2, 0) is 20.9 Å². The van der Waals surface area contributed by atoms with Crippen molar-refractivity contribution in [3.05, 3.63) is 59.7 Å². The van der Waals surface area contributed by atoms with Crippen LogP contribution in [0.2, 0.25) is 0 Å². The first-order valence-electron chi connectivity index (χ1n) is 14.5. The van der Waals surface area contributed by atoms with Gasteiger partial charge in [-0.25, -0.2) is 4.79 Å². The van der Waals surface area contributed by atoms with Gasteiger partial charge in [0.1, 0.15) is 11.4 Å². The van der Waals surface area contributed by atoms with Crippen molar-refractivity contribution < 1.29 is 19.1 Å². The molecule has 0 radical (unpaired) electrons. The SMILES string of the molecule is CC(C)c1ccc(CN(C(=O)[C@@H]2CCCN(c3cccc(OC(C)(C)C(=O)OC(C)(C)C)c3)C2)C2CC2)cc1. The predicted octanol–water partition coefficient (Wildman–Crippen LogP) is 6.72. The second-order valence-electron chi connectivity index (χ2n) is 13.0. The molecular formula is C33H46N2O4. The van der Waals surface area contributed by atoms with Gasteiger partial charge in [-0.3, -0.25) is 4.79 Å². The van der Waals surface area contributed by atoms with Gasteiger partial charge < -0.3 is 19.3 Å². The van der Waals surface area contributed by atoms with Crippen LogP contribution in [-0.4, -0.2) is 47.1 Å². The van der Waals surface area contributed by atoms with Crippen molar-refractivity contribution in [3.8, 4) is 5.75 Å². The number of anilines is 1. The standard InChI is InChI=1S/C33H46N2O4/c1-23(2)25-15-13-24(14-16-25)21-35(27-17-18-27)30(36)26-10-9-19-34(22-26)28-11-8-12-29(20-28)38-33(6,7)31(37)39-32(3,4)5/h8,11-16,20,23,26-27H,9-10,17-19,21-22H2,1-7H3/t26-/m1/s1. The summed E-state index contributed by atoms with van der Waals surface area (Å²) < 4.78 is 11.7. The average molecular weight is 535 g/mol. The van der Waals surface area contributed by atoms with Crippen LogP contribution in [0.4, 0.5) is 5.69 Å². The zero-order valence-electron chi connectivity index (χ0n) is 24.8. The minimum absolute atomic E-state index is 0.0305. The Hall–Kier alpha value is -3.02. The van der Waals surface area contributed by atoms with Crippen LogP contribution >= 0.6 is 0 Å². The second-order valence-corrected chi connectivity index (χ2v) is 13.0. The Morgan fingerprint density at radius 1 is 1.00 bits per heavy atom. The van der Waals surface area contributed by atoms with Gasteiger partial charge in [0.15, 0.2) is 5.60 Å². The summed E-state index contributed by atoms with van der Waals surface area (Å²) in [6, 6.07) is 16.9. The van der Waals surface area contributed by atoms with Gasteiger partial charge in [0, 0.05) is 37.4 Å². The van der Waals surface area contributed by atoms with Gasteiger partial charge in [0.25, 0.3) is 0 Å². The van der Waals surface area contributed by atoms with Crippen LogP contribution in [0.25, 0.3) is 0 Å². The molecule has 2 aromatic rings. The molecule has 1 amide bonds. The molecule has 1 saturated carbocycles. The molecule has 0 unspecified atom stereocenters. The highest BCUT2D eigenvalue weighted by molar-refractivity contribution is 5.81. The maximum absolute atomic E-state index is 13.8. The molecule has 1 saturated heterocycles. The highest BCUT2D eigenvalue weighted by atomic mass is 16.6. The Balaban J connectivity index is 1.42. The zero-order valence-corrected chi connectivity index (χ0v) is 24.8. The summed E-state index contributed by atoms with van der Waals surface area (Å²) in [5.74, 6) is 0.954. The summed E-state index contributed by atoms with van der Waals surface area (Å²) >= 11 is 0. The number of esters is 1. The highest BCUT2D eigenvalue weighted by Gasteiger charge is 2.38. The van der Waals surface area contributed by atoms with Crippen molar-refractivity contribution in [2.45, 2.75) is 104 Å². The number of carbonyl (C=O) groups excluding carboxylic acids is 2. The molecule has 1 atom stereocenters. The van der Waals surface area contributed by atoms with Crippen LogP contribution in [0.3, 0.4) is 0 Å². The summed E-state index contributed by atoms with van der Waals surface area (Å²) in [4.78, 5) is 30.9. The number of carbonyl (C=O) groups is 2. The fourth-order valence-electron chi connectivity index (χ4n) is 5.11. The molecule has 6 nitrogen and oxygen atoms in total. The van der Waals surface area contributed by atoms with Gasteiger partial charge in [-0.15, -0.1) is 0 Å². The van der Waals surface area contributed by atoms with Gasteiger partial charge in [0.2, 0.25) is 5.91 Å². The lowest BCUT2D eigenvalue weighted by Gasteiger charge is -2.37. The Morgan fingerprint density at radius 2 is 1.69 bits per heavy atom. The molecular weight excluding hydrogens is 488 g/mol. The van der Waals surface area contributed by atoms with Gasteiger partial charge in [0.05, 0.1) is 5.92 Å². The summed E-state index contributed by atoms with van der Waals surface area (Å²) in [6.07, 6.45) is 4.07. The molecule has 0 aromatic heterocycles. The Bertz CT molecular complexity index is 1150. The number of rotatable bonds is 9. The normalized spacial score (nSPS) is 18.2. The number of benzene rings is 2. The fraction of sp³-hybridized carbons (Fsp3) is 0.576. The predicted molar refractivity (Wildman–Crippen MR) is 156 cm³/mol. The van der Waals surface area contributed by atoms with Crippen molar-refractivity contribution >= 4 is 17.6 Å². The summed E-state index contributed by atoms with van der Waals surface area (Å²) in [6.45, 7) is 15.7. The quantitative estimate of drug-likeness (QED) is 0.334. The number of ether oxygens (including phenoxy) is 2. The van der Waals surface area contributed by atoms with Crippen molar-refractivity contribution in [1.82, 2.24) is 4.90 Å². The molecule has 2 aliphatic rings. The lowest BCUT2D eigenvalue weighted by molar-refractivity contribution is -0.170. The molecule has 0 bridgehead atoms. The highest BCUT2D eigenvalue weighted by Crippen LogP contribution is 2.34. The fourth-order valence-corrected chi connectivity index (χ4v) is 5.11. The van der Waals surface area contributed by atoms with E-state index in [1.54, 1.807) is 13.8 Å². The molecule has 1 aliphatic carbocycles. The molecule has 39 heavy (non-hydrogen) atoms. The van der Waals surface area contributed by atoms with Crippen molar-refractivity contribution in [3.63, 3.8) is 0 Å². The number of hydrogen-bond donors (Lipinski definition) is 0. The first-order chi connectivity index (χ1) is 18.3. The third-order valence-electron chi connectivity index (χ3n) is 7.49. The molecule has 0 spiro atoms. The Kier molecular flexibility index (Phi) is 8.63. The van der Waals surface area contributed by atoms with E-state index >= 15 is 0 Å². The largest absolute Gasteiger partial charge is 0.476 e. The second kappa shape index (κ2) is 11.6. The first kappa shape index (κ1) is 29.0. The molecule has 2 aromatic carbocycles. The minimum Gasteiger partial charge on any atom is -0.476 e. The maximum Gasteiger partial charge on any atom is 0.350 e. The van der Waals surface area contributed by atoms with E-state index in [9.17, 15) is 9.59 Å². The van der Waals surface area contributed by atoms with Crippen LogP contribution in [0.5, 0.6) is 5.75 Å². The topological polar surface area (TPSA) is 59.1 Å². The smallest absolute Gasteiger partial charge is 0.350 e. The van der Waals surface area contributed by atoms with E-state index < -0.39 is 17.2 Å². The van der Waals surface area contributed by atoms with E-state index in [-0.39, 0.29) is 11.8 Å². The lowest BCUT2D eigenvalue weighted by Crippen LogP contribution is -2.45. The van der Waals surface area contributed by atoms with Gasteiger partial charge in [-0.2, -0.15) is 0 Å². The van der Waals surface area contributed by atoms with E-state index in [0.717, 1.165) is 37.9 Å². The molecule has 6 heteroatoms. The number of nitrogens with zero attached hydrogens (tertiary/aromatic N) is 2. The Labute approximate surface area is 234 Å². The van der Waals surface area contributed by atoms with Gasteiger partial charge in [-0.1, -0.05) is 44.2 Å². The number of piperidine rings is 1. The number of hydrogen-bond acceptors (Lipinski definition) is 5. The van der Waals surface area contributed by atoms with E-state index in [2.05, 4.69) is 54.0 Å². The molecule has 1 aliphatic heterocycles. The number of amides is 1. The van der Waals surface area contributed by atoms with E-state index in [1.807, 2.05) is 39.0 Å². The van der Waals surface area contributed by atoms with Crippen LogP contribution in [0.1, 0.15) is 91.2 Å². The summed E-state index contributed by atoms with van der Waals surface area (Å²) in [5.41, 5.74) is 1.83.